The number of nitro groups is 1. The SMILES string of the molecule is CNc1ccc(S(=O)(=O)NCc2nccs2)cc1[N+](=O)[O-]. The van der Waals surface area contributed by atoms with Crippen LogP contribution in [-0.4, -0.2) is 25.4 Å². The van der Waals surface area contributed by atoms with Gasteiger partial charge >= 0.3 is 0 Å². The zero-order valence-corrected chi connectivity index (χ0v) is 12.6. The first-order valence-corrected chi connectivity index (χ1v) is 8.14. The summed E-state index contributed by atoms with van der Waals surface area (Å²) in [5.41, 5.74) is -0.0477. The highest BCUT2D eigenvalue weighted by atomic mass is 32.2. The molecule has 2 N–H and O–H groups in total. The van der Waals surface area contributed by atoms with Gasteiger partial charge in [-0.1, -0.05) is 0 Å². The van der Waals surface area contributed by atoms with Gasteiger partial charge < -0.3 is 5.32 Å². The number of nitrogens with one attached hydrogen (secondary N) is 2. The van der Waals surface area contributed by atoms with Gasteiger partial charge in [-0.05, 0) is 12.1 Å². The van der Waals surface area contributed by atoms with E-state index in [-0.39, 0.29) is 22.8 Å². The van der Waals surface area contributed by atoms with Crippen LogP contribution < -0.4 is 10.0 Å². The van der Waals surface area contributed by atoms with Crippen LogP contribution >= 0.6 is 11.3 Å². The Kier molecular flexibility index (Phi) is 4.50. The second kappa shape index (κ2) is 6.16. The van der Waals surface area contributed by atoms with Crippen molar-refractivity contribution in [1.82, 2.24) is 9.71 Å². The van der Waals surface area contributed by atoms with Crippen LogP contribution in [0, 0.1) is 10.1 Å². The maximum absolute atomic E-state index is 12.1. The molecule has 0 unspecified atom stereocenters. The molecule has 0 bridgehead atoms. The second-order valence-corrected chi connectivity index (χ2v) is 6.68. The quantitative estimate of drug-likeness (QED) is 0.614. The van der Waals surface area contributed by atoms with Crippen molar-refractivity contribution in [2.24, 2.45) is 0 Å². The van der Waals surface area contributed by atoms with E-state index in [1.54, 1.807) is 11.6 Å². The monoisotopic (exact) mass is 328 g/mol. The van der Waals surface area contributed by atoms with E-state index in [0.717, 1.165) is 6.07 Å². The molecule has 1 aromatic carbocycles. The van der Waals surface area contributed by atoms with Crippen LogP contribution in [0.4, 0.5) is 11.4 Å². The lowest BCUT2D eigenvalue weighted by molar-refractivity contribution is -0.384. The van der Waals surface area contributed by atoms with E-state index in [2.05, 4.69) is 15.0 Å². The van der Waals surface area contributed by atoms with Crippen LogP contribution in [0.3, 0.4) is 0 Å². The highest BCUT2D eigenvalue weighted by Gasteiger charge is 2.21. The molecule has 0 amide bonds. The lowest BCUT2D eigenvalue weighted by atomic mass is 10.3. The Hall–Kier alpha value is -2.04. The van der Waals surface area contributed by atoms with Crippen molar-refractivity contribution < 1.29 is 13.3 Å². The largest absolute Gasteiger partial charge is 0.383 e. The molecule has 0 saturated carbocycles. The number of hydrogen-bond acceptors (Lipinski definition) is 7. The van der Waals surface area contributed by atoms with Crippen LogP contribution in [0.2, 0.25) is 0 Å². The van der Waals surface area contributed by atoms with Gasteiger partial charge in [0.05, 0.1) is 16.4 Å². The Morgan fingerprint density at radius 3 is 2.76 bits per heavy atom. The van der Waals surface area contributed by atoms with Gasteiger partial charge in [0.25, 0.3) is 5.69 Å². The van der Waals surface area contributed by atoms with Crippen molar-refractivity contribution in [2.45, 2.75) is 11.4 Å². The minimum Gasteiger partial charge on any atom is -0.383 e. The summed E-state index contributed by atoms with van der Waals surface area (Å²) >= 11 is 1.32. The molecule has 2 aromatic rings. The molecule has 0 spiro atoms. The summed E-state index contributed by atoms with van der Waals surface area (Å²) in [6, 6.07) is 3.69. The smallest absolute Gasteiger partial charge is 0.293 e. The number of nitrogens with zero attached hydrogens (tertiary/aromatic N) is 2. The normalized spacial score (nSPS) is 11.3. The highest BCUT2D eigenvalue weighted by Crippen LogP contribution is 2.27. The fourth-order valence-electron chi connectivity index (χ4n) is 1.62. The molecule has 1 heterocycles. The van der Waals surface area contributed by atoms with Crippen molar-refractivity contribution in [2.75, 3.05) is 12.4 Å². The standard InChI is InChI=1S/C11H12N4O4S2/c1-12-9-3-2-8(6-10(9)15(16)17)21(18,19)14-7-11-13-4-5-20-11/h2-6,12,14H,7H2,1H3. The molecule has 0 fully saturated rings. The van der Waals surface area contributed by atoms with Gasteiger partial charge in [-0.25, -0.2) is 18.1 Å². The van der Waals surface area contributed by atoms with Gasteiger partial charge in [-0.15, -0.1) is 11.3 Å². The van der Waals surface area contributed by atoms with Crippen molar-refractivity contribution in [3.05, 3.63) is 44.9 Å². The van der Waals surface area contributed by atoms with Gasteiger partial charge in [-0.2, -0.15) is 0 Å². The van der Waals surface area contributed by atoms with E-state index >= 15 is 0 Å². The number of anilines is 1. The number of nitro benzene ring substituents is 1. The fourth-order valence-corrected chi connectivity index (χ4v) is 3.28. The second-order valence-electron chi connectivity index (χ2n) is 3.94. The average molecular weight is 328 g/mol. The predicted molar refractivity (Wildman–Crippen MR) is 78.8 cm³/mol. The number of hydrogen-bond donors (Lipinski definition) is 2. The fraction of sp³-hybridized carbons (Fsp3) is 0.182. The molecule has 0 radical (unpaired) electrons. The van der Waals surface area contributed by atoms with Gasteiger partial charge in [0.15, 0.2) is 0 Å². The molecule has 8 nitrogen and oxygen atoms in total. The molecule has 0 aliphatic heterocycles. The number of rotatable bonds is 6. The van der Waals surface area contributed by atoms with Crippen molar-refractivity contribution in [3.63, 3.8) is 0 Å². The molecule has 10 heteroatoms. The Labute approximate surface area is 125 Å². The third-order valence-electron chi connectivity index (χ3n) is 2.64. The van der Waals surface area contributed by atoms with Gasteiger partial charge in [-0.3, -0.25) is 10.1 Å². The third-order valence-corrected chi connectivity index (χ3v) is 4.82. The molecule has 0 saturated heterocycles. The Morgan fingerprint density at radius 2 is 2.19 bits per heavy atom. The van der Waals surface area contributed by atoms with Gasteiger partial charge in [0.2, 0.25) is 10.0 Å². The van der Waals surface area contributed by atoms with Crippen LogP contribution in [0.15, 0.2) is 34.7 Å². The summed E-state index contributed by atoms with van der Waals surface area (Å²) in [6.45, 7) is 0.0432. The Balaban J connectivity index is 2.27. The molecule has 0 atom stereocenters. The summed E-state index contributed by atoms with van der Waals surface area (Å²) in [7, 11) is -2.31. The maximum Gasteiger partial charge on any atom is 0.293 e. The number of sulfonamides is 1. The van der Waals surface area contributed by atoms with Crippen molar-refractivity contribution >= 4 is 32.7 Å². The van der Waals surface area contributed by atoms with Gasteiger partial charge in [0.1, 0.15) is 10.7 Å². The number of aromatic nitrogens is 1. The number of benzene rings is 1. The molecule has 2 rings (SSSR count). The maximum atomic E-state index is 12.1. The van der Waals surface area contributed by atoms with E-state index in [1.807, 2.05) is 0 Å². The Morgan fingerprint density at radius 1 is 1.43 bits per heavy atom. The van der Waals surface area contributed by atoms with E-state index in [4.69, 9.17) is 0 Å². The summed E-state index contributed by atoms with van der Waals surface area (Å²) in [5.74, 6) is 0. The van der Waals surface area contributed by atoms with Crippen LogP contribution in [0.5, 0.6) is 0 Å². The Bertz CT molecular complexity index is 744. The summed E-state index contributed by atoms with van der Waals surface area (Å²) < 4.78 is 26.6. The summed E-state index contributed by atoms with van der Waals surface area (Å²) in [5, 5.41) is 15.9. The third kappa shape index (κ3) is 3.54. The van der Waals surface area contributed by atoms with E-state index in [0.29, 0.717) is 5.01 Å². The lowest BCUT2D eigenvalue weighted by Crippen LogP contribution is -2.23. The minimum absolute atomic E-state index is 0.0432. The number of thiazole rings is 1. The molecule has 0 aliphatic rings. The minimum atomic E-state index is -3.83. The van der Waals surface area contributed by atoms with Crippen LogP contribution in [-0.2, 0) is 16.6 Å². The molecule has 0 aliphatic carbocycles. The lowest BCUT2D eigenvalue weighted by Gasteiger charge is -2.07. The average Bonchev–Trinajstić information content (AvgIpc) is 2.97. The molecule has 1 aromatic heterocycles. The zero-order chi connectivity index (χ0) is 15.5. The van der Waals surface area contributed by atoms with E-state index in [1.165, 1.54) is 30.5 Å². The van der Waals surface area contributed by atoms with Crippen molar-refractivity contribution in [1.29, 1.82) is 0 Å². The van der Waals surface area contributed by atoms with E-state index in [9.17, 15) is 18.5 Å². The first kappa shape index (κ1) is 15.4. The van der Waals surface area contributed by atoms with Crippen LogP contribution in [0.1, 0.15) is 5.01 Å². The zero-order valence-electron chi connectivity index (χ0n) is 10.9. The molecular formula is C11H12N4O4S2. The molecule has 21 heavy (non-hydrogen) atoms. The van der Waals surface area contributed by atoms with E-state index < -0.39 is 14.9 Å². The molecule has 112 valence electrons. The highest BCUT2D eigenvalue weighted by molar-refractivity contribution is 7.89. The first-order valence-electron chi connectivity index (χ1n) is 5.78. The topological polar surface area (TPSA) is 114 Å². The predicted octanol–water partition coefficient (Wildman–Crippen LogP) is 1.57. The summed E-state index contributed by atoms with van der Waals surface area (Å²) in [6.07, 6.45) is 1.57. The summed E-state index contributed by atoms with van der Waals surface area (Å²) in [4.78, 5) is 14.1. The van der Waals surface area contributed by atoms with Crippen molar-refractivity contribution in [3.8, 4) is 0 Å². The molecular weight excluding hydrogens is 316 g/mol. The first-order chi connectivity index (χ1) is 9.94. The van der Waals surface area contributed by atoms with Crippen LogP contribution in [0.25, 0.3) is 0 Å². The van der Waals surface area contributed by atoms with Gasteiger partial charge in [0, 0.05) is 24.7 Å².